The fraction of sp³-hybridized carbons (Fsp3) is 0.938. The standard InChI is InChI=1S/C16H31N3O/c1-12(2)8-13(10-17)9-16(20)19-7-6-14-4-5-15(11-19)18(14)3/h12-15H,4-11,17H2,1-3H3. The number of carbonyl (C=O) groups is 1. The largest absolute Gasteiger partial charge is 0.341 e. The van der Waals surface area contributed by atoms with Gasteiger partial charge in [0.05, 0.1) is 0 Å². The second-order valence-electron chi connectivity index (χ2n) is 7.11. The second kappa shape index (κ2) is 6.90. The van der Waals surface area contributed by atoms with Gasteiger partial charge in [0.25, 0.3) is 0 Å². The van der Waals surface area contributed by atoms with Crippen LogP contribution in [0.2, 0.25) is 0 Å². The minimum absolute atomic E-state index is 0.321. The number of hydrogen-bond donors (Lipinski definition) is 1. The van der Waals surface area contributed by atoms with Crippen molar-refractivity contribution in [3.8, 4) is 0 Å². The number of rotatable bonds is 5. The maximum atomic E-state index is 12.5. The maximum Gasteiger partial charge on any atom is 0.222 e. The van der Waals surface area contributed by atoms with Crippen LogP contribution in [0.4, 0.5) is 0 Å². The van der Waals surface area contributed by atoms with Crippen molar-refractivity contribution in [1.29, 1.82) is 0 Å². The fourth-order valence-corrected chi connectivity index (χ4v) is 3.84. The van der Waals surface area contributed by atoms with E-state index < -0.39 is 0 Å². The van der Waals surface area contributed by atoms with Crippen LogP contribution in [-0.2, 0) is 4.79 Å². The Kier molecular flexibility index (Phi) is 5.44. The molecule has 2 rings (SSSR count). The minimum Gasteiger partial charge on any atom is -0.341 e. The Bertz CT molecular complexity index is 332. The van der Waals surface area contributed by atoms with Crippen molar-refractivity contribution < 1.29 is 4.79 Å². The molecule has 0 aromatic heterocycles. The molecule has 3 unspecified atom stereocenters. The molecule has 2 aliphatic heterocycles. The molecule has 2 fully saturated rings. The smallest absolute Gasteiger partial charge is 0.222 e. The lowest BCUT2D eigenvalue weighted by Crippen LogP contribution is -2.40. The predicted octanol–water partition coefficient (Wildman–Crippen LogP) is 1.69. The number of nitrogens with zero attached hydrogens (tertiary/aromatic N) is 2. The predicted molar refractivity (Wildman–Crippen MR) is 82.4 cm³/mol. The molecule has 0 radical (unpaired) electrons. The summed E-state index contributed by atoms with van der Waals surface area (Å²) in [5.74, 6) is 1.28. The molecule has 2 bridgehead atoms. The van der Waals surface area contributed by atoms with Crippen LogP contribution in [0.25, 0.3) is 0 Å². The number of likely N-dealkylation sites (tertiary alicyclic amines) is 1. The van der Waals surface area contributed by atoms with Gasteiger partial charge in [-0.05, 0) is 51.1 Å². The lowest BCUT2D eigenvalue weighted by molar-refractivity contribution is -0.132. The highest BCUT2D eigenvalue weighted by molar-refractivity contribution is 5.76. The van der Waals surface area contributed by atoms with E-state index in [2.05, 4.69) is 30.7 Å². The van der Waals surface area contributed by atoms with E-state index in [0.29, 0.717) is 42.8 Å². The molecule has 3 atom stereocenters. The zero-order chi connectivity index (χ0) is 14.7. The molecule has 2 N–H and O–H groups in total. The Morgan fingerprint density at radius 3 is 2.60 bits per heavy atom. The van der Waals surface area contributed by atoms with E-state index in [4.69, 9.17) is 5.73 Å². The highest BCUT2D eigenvalue weighted by atomic mass is 16.2. The van der Waals surface area contributed by atoms with Gasteiger partial charge in [-0.3, -0.25) is 9.69 Å². The number of carbonyl (C=O) groups excluding carboxylic acids is 1. The molecule has 2 saturated heterocycles. The Balaban J connectivity index is 1.89. The third kappa shape index (κ3) is 3.73. The van der Waals surface area contributed by atoms with Gasteiger partial charge in [-0.15, -0.1) is 0 Å². The zero-order valence-corrected chi connectivity index (χ0v) is 13.3. The topological polar surface area (TPSA) is 49.6 Å². The van der Waals surface area contributed by atoms with Gasteiger partial charge in [0.2, 0.25) is 5.91 Å². The third-order valence-corrected chi connectivity index (χ3v) is 5.10. The summed E-state index contributed by atoms with van der Waals surface area (Å²) in [6, 6.07) is 1.27. The van der Waals surface area contributed by atoms with Crippen LogP contribution in [0.3, 0.4) is 0 Å². The van der Waals surface area contributed by atoms with Gasteiger partial charge in [0.1, 0.15) is 0 Å². The summed E-state index contributed by atoms with van der Waals surface area (Å²) in [5, 5.41) is 0. The van der Waals surface area contributed by atoms with Crippen molar-refractivity contribution in [2.24, 2.45) is 17.6 Å². The van der Waals surface area contributed by atoms with Crippen molar-refractivity contribution in [3.05, 3.63) is 0 Å². The zero-order valence-electron chi connectivity index (χ0n) is 13.3. The first-order valence-corrected chi connectivity index (χ1v) is 8.21. The number of amides is 1. The summed E-state index contributed by atoms with van der Waals surface area (Å²) in [7, 11) is 2.22. The normalized spacial score (nSPS) is 28.8. The monoisotopic (exact) mass is 281 g/mol. The van der Waals surface area contributed by atoms with Crippen LogP contribution in [0.1, 0.15) is 46.0 Å². The van der Waals surface area contributed by atoms with Crippen molar-refractivity contribution in [2.75, 3.05) is 26.7 Å². The van der Waals surface area contributed by atoms with E-state index in [9.17, 15) is 4.79 Å². The van der Waals surface area contributed by atoms with Gasteiger partial charge in [-0.1, -0.05) is 13.8 Å². The summed E-state index contributed by atoms with van der Waals surface area (Å²) in [5.41, 5.74) is 5.83. The van der Waals surface area contributed by atoms with Crippen LogP contribution in [0.15, 0.2) is 0 Å². The molecule has 0 saturated carbocycles. The van der Waals surface area contributed by atoms with Crippen LogP contribution >= 0.6 is 0 Å². The Morgan fingerprint density at radius 1 is 1.25 bits per heavy atom. The average molecular weight is 281 g/mol. The second-order valence-corrected chi connectivity index (χ2v) is 7.11. The molecule has 116 valence electrons. The Hall–Kier alpha value is -0.610. The van der Waals surface area contributed by atoms with Crippen LogP contribution in [-0.4, -0.2) is 54.5 Å². The van der Waals surface area contributed by atoms with E-state index in [-0.39, 0.29) is 0 Å². The summed E-state index contributed by atoms with van der Waals surface area (Å²) in [6.07, 6.45) is 5.38. The highest BCUT2D eigenvalue weighted by Crippen LogP contribution is 2.29. The van der Waals surface area contributed by atoms with Gasteiger partial charge in [0, 0.05) is 31.6 Å². The Labute approximate surface area is 123 Å². The highest BCUT2D eigenvalue weighted by Gasteiger charge is 2.36. The molecule has 0 aromatic carbocycles. The van der Waals surface area contributed by atoms with Crippen LogP contribution in [0.5, 0.6) is 0 Å². The van der Waals surface area contributed by atoms with E-state index in [1.807, 2.05) is 0 Å². The van der Waals surface area contributed by atoms with Gasteiger partial charge >= 0.3 is 0 Å². The van der Waals surface area contributed by atoms with Gasteiger partial charge in [-0.25, -0.2) is 0 Å². The SMILES string of the molecule is CC(C)CC(CN)CC(=O)N1CCC2CCC(C1)N2C. The number of likely N-dealkylation sites (N-methyl/N-ethyl adjacent to an activating group) is 1. The lowest BCUT2D eigenvalue weighted by atomic mass is 9.93. The lowest BCUT2D eigenvalue weighted by Gasteiger charge is -2.27. The molecule has 0 aliphatic carbocycles. The summed E-state index contributed by atoms with van der Waals surface area (Å²) < 4.78 is 0. The number of nitrogens with two attached hydrogens (primary N) is 1. The van der Waals surface area contributed by atoms with Crippen molar-refractivity contribution >= 4 is 5.91 Å². The van der Waals surface area contributed by atoms with Gasteiger partial charge < -0.3 is 10.6 Å². The molecular weight excluding hydrogens is 250 g/mol. The maximum absolute atomic E-state index is 12.5. The molecule has 2 heterocycles. The van der Waals surface area contributed by atoms with E-state index in [1.54, 1.807) is 0 Å². The van der Waals surface area contributed by atoms with Crippen LogP contribution < -0.4 is 5.73 Å². The van der Waals surface area contributed by atoms with Crippen LogP contribution in [0, 0.1) is 11.8 Å². The first-order chi connectivity index (χ1) is 9.51. The van der Waals surface area contributed by atoms with Crippen molar-refractivity contribution in [1.82, 2.24) is 9.80 Å². The minimum atomic E-state index is 0.321. The number of fused-ring (bicyclic) bond motifs is 2. The Morgan fingerprint density at radius 2 is 1.95 bits per heavy atom. The summed E-state index contributed by atoms with van der Waals surface area (Å²) >= 11 is 0. The first kappa shape index (κ1) is 15.8. The van der Waals surface area contributed by atoms with E-state index in [0.717, 1.165) is 25.9 Å². The number of hydrogen-bond acceptors (Lipinski definition) is 3. The van der Waals surface area contributed by atoms with Crippen molar-refractivity contribution in [2.45, 2.75) is 58.0 Å². The van der Waals surface area contributed by atoms with E-state index in [1.165, 1.54) is 12.8 Å². The molecule has 0 spiro atoms. The summed E-state index contributed by atoms with van der Waals surface area (Å²) in [6.45, 7) is 6.89. The first-order valence-electron chi connectivity index (χ1n) is 8.21. The quantitative estimate of drug-likeness (QED) is 0.834. The molecule has 4 nitrogen and oxygen atoms in total. The molecule has 2 aliphatic rings. The van der Waals surface area contributed by atoms with Crippen molar-refractivity contribution in [3.63, 3.8) is 0 Å². The van der Waals surface area contributed by atoms with Gasteiger partial charge in [-0.2, -0.15) is 0 Å². The average Bonchev–Trinajstić information content (AvgIpc) is 2.61. The molecule has 4 heteroatoms. The molecule has 20 heavy (non-hydrogen) atoms. The molecule has 1 amide bonds. The van der Waals surface area contributed by atoms with Gasteiger partial charge in [0.15, 0.2) is 0 Å². The third-order valence-electron chi connectivity index (χ3n) is 5.10. The molecule has 0 aromatic rings. The molecular formula is C16H31N3O. The fourth-order valence-electron chi connectivity index (χ4n) is 3.84. The van der Waals surface area contributed by atoms with E-state index >= 15 is 0 Å². The summed E-state index contributed by atoms with van der Waals surface area (Å²) in [4.78, 5) is 17.1.